The highest BCUT2D eigenvalue weighted by Gasteiger charge is 2.33. The molecule has 3 aromatic rings. The Kier molecular flexibility index (Phi) is 2.81. The molecule has 1 unspecified atom stereocenters. The Balaban J connectivity index is 2.02. The zero-order valence-electron chi connectivity index (χ0n) is 12.4. The minimum Gasteiger partial charge on any atom is -0.439 e. The monoisotopic (exact) mass is 303 g/mol. The summed E-state index contributed by atoms with van der Waals surface area (Å²) in [5, 5.41) is 10.5. The number of aromatic nitrogens is 3. The molecule has 2 aromatic heterocycles. The number of nitrogens with zero attached hydrogens (tertiary/aromatic N) is 3. The molecule has 6 heteroatoms. The van der Waals surface area contributed by atoms with Crippen molar-refractivity contribution in [3.63, 3.8) is 0 Å². The highest BCUT2D eigenvalue weighted by molar-refractivity contribution is 5.88. The molecule has 3 heterocycles. The van der Waals surface area contributed by atoms with Crippen molar-refractivity contribution in [2.24, 2.45) is 5.73 Å². The van der Waals surface area contributed by atoms with E-state index in [2.05, 4.69) is 21.0 Å². The highest BCUT2D eigenvalue weighted by atomic mass is 16.5. The van der Waals surface area contributed by atoms with Crippen LogP contribution in [-0.2, 0) is 0 Å². The third-order valence-electron chi connectivity index (χ3n) is 3.98. The van der Waals surface area contributed by atoms with Crippen LogP contribution in [0.1, 0.15) is 22.9 Å². The largest absolute Gasteiger partial charge is 0.439 e. The first-order valence-corrected chi connectivity index (χ1v) is 7.15. The van der Waals surface area contributed by atoms with E-state index in [1.54, 1.807) is 12.4 Å². The van der Waals surface area contributed by atoms with E-state index in [0.717, 1.165) is 22.2 Å². The van der Waals surface area contributed by atoms with Gasteiger partial charge in [-0.25, -0.2) is 0 Å². The molecule has 0 spiro atoms. The number of benzene rings is 1. The Morgan fingerprint density at radius 3 is 2.96 bits per heavy atom. The van der Waals surface area contributed by atoms with E-state index in [0.29, 0.717) is 17.0 Å². The van der Waals surface area contributed by atoms with Crippen LogP contribution in [0.3, 0.4) is 0 Å². The van der Waals surface area contributed by atoms with Gasteiger partial charge in [0.25, 0.3) is 0 Å². The molecular formula is C17H13N5O. The second-order valence-electron chi connectivity index (χ2n) is 5.43. The topological polar surface area (TPSA) is 101 Å². The summed E-state index contributed by atoms with van der Waals surface area (Å²) in [6, 6.07) is 7.99. The van der Waals surface area contributed by atoms with Crippen molar-refractivity contribution in [2.45, 2.75) is 12.8 Å². The van der Waals surface area contributed by atoms with Crippen molar-refractivity contribution in [2.75, 3.05) is 0 Å². The smallest absolute Gasteiger partial charge is 0.205 e. The summed E-state index contributed by atoms with van der Waals surface area (Å²) in [5.41, 5.74) is 9.64. The lowest BCUT2D eigenvalue weighted by molar-refractivity contribution is 0.397. The van der Waals surface area contributed by atoms with E-state index >= 15 is 0 Å². The summed E-state index contributed by atoms with van der Waals surface area (Å²) in [6.45, 7) is 1.87. The Hall–Kier alpha value is -3.33. The van der Waals surface area contributed by atoms with Gasteiger partial charge in [-0.15, -0.1) is 0 Å². The van der Waals surface area contributed by atoms with E-state index in [-0.39, 0.29) is 11.8 Å². The van der Waals surface area contributed by atoms with E-state index in [9.17, 15) is 5.26 Å². The number of rotatable bonds is 1. The predicted molar refractivity (Wildman–Crippen MR) is 84.4 cm³/mol. The number of ether oxygens (including phenoxy) is 1. The number of H-pyrrole nitrogens is 1. The Morgan fingerprint density at radius 1 is 1.30 bits per heavy atom. The van der Waals surface area contributed by atoms with E-state index in [4.69, 9.17) is 10.5 Å². The van der Waals surface area contributed by atoms with Crippen LogP contribution in [-0.4, -0.2) is 15.0 Å². The SMILES string of the molecule is Cc1cncc(C2C(C#N)=C(N)Oc3c2ccc2[nH]ccc32)n1. The van der Waals surface area contributed by atoms with Gasteiger partial charge in [-0.3, -0.25) is 9.97 Å². The Morgan fingerprint density at radius 2 is 2.17 bits per heavy atom. The summed E-state index contributed by atoms with van der Waals surface area (Å²) in [5.74, 6) is 0.394. The lowest BCUT2D eigenvalue weighted by atomic mass is 9.86. The maximum Gasteiger partial charge on any atom is 0.205 e. The third-order valence-corrected chi connectivity index (χ3v) is 3.98. The molecule has 0 bridgehead atoms. The van der Waals surface area contributed by atoms with Gasteiger partial charge in [-0.2, -0.15) is 5.26 Å². The fraction of sp³-hybridized carbons (Fsp3) is 0.118. The van der Waals surface area contributed by atoms with Gasteiger partial charge < -0.3 is 15.5 Å². The van der Waals surface area contributed by atoms with Crippen molar-refractivity contribution < 1.29 is 4.74 Å². The second kappa shape index (κ2) is 4.85. The normalized spacial score (nSPS) is 16.8. The molecule has 0 aliphatic carbocycles. The van der Waals surface area contributed by atoms with Gasteiger partial charge >= 0.3 is 0 Å². The van der Waals surface area contributed by atoms with Crippen molar-refractivity contribution in [3.8, 4) is 11.8 Å². The summed E-state index contributed by atoms with van der Waals surface area (Å²) >= 11 is 0. The van der Waals surface area contributed by atoms with Gasteiger partial charge in [0.15, 0.2) is 0 Å². The lowest BCUT2D eigenvalue weighted by Crippen LogP contribution is -2.22. The molecule has 0 saturated heterocycles. The van der Waals surface area contributed by atoms with Crippen molar-refractivity contribution in [1.82, 2.24) is 15.0 Å². The number of nitrogens with two attached hydrogens (primary N) is 1. The average molecular weight is 303 g/mol. The lowest BCUT2D eigenvalue weighted by Gasteiger charge is -2.26. The summed E-state index contributed by atoms with van der Waals surface area (Å²) in [7, 11) is 0. The number of aryl methyl sites for hydroxylation is 1. The number of hydrogen-bond donors (Lipinski definition) is 2. The number of nitrogens with one attached hydrogen (secondary N) is 1. The molecule has 1 aliphatic heterocycles. The molecule has 6 nitrogen and oxygen atoms in total. The number of hydrogen-bond acceptors (Lipinski definition) is 5. The molecule has 0 amide bonds. The maximum absolute atomic E-state index is 9.54. The first-order valence-electron chi connectivity index (χ1n) is 7.15. The molecule has 0 radical (unpaired) electrons. The minimum absolute atomic E-state index is 0.113. The van der Waals surface area contributed by atoms with Gasteiger partial charge in [0.1, 0.15) is 17.4 Å². The molecule has 4 rings (SSSR count). The number of fused-ring (bicyclic) bond motifs is 3. The van der Waals surface area contributed by atoms with Crippen LogP contribution in [0.15, 0.2) is 48.2 Å². The van der Waals surface area contributed by atoms with Gasteiger partial charge in [0, 0.05) is 35.1 Å². The van der Waals surface area contributed by atoms with Crippen LogP contribution in [0.4, 0.5) is 0 Å². The maximum atomic E-state index is 9.54. The van der Waals surface area contributed by atoms with Gasteiger partial charge in [-0.1, -0.05) is 6.07 Å². The first-order chi connectivity index (χ1) is 11.2. The number of aromatic amines is 1. The molecule has 23 heavy (non-hydrogen) atoms. The van der Waals surface area contributed by atoms with Crippen molar-refractivity contribution in [3.05, 3.63) is 65.2 Å². The van der Waals surface area contributed by atoms with Crippen molar-refractivity contribution >= 4 is 10.9 Å². The van der Waals surface area contributed by atoms with Crippen LogP contribution < -0.4 is 10.5 Å². The van der Waals surface area contributed by atoms with Gasteiger partial charge in [0.05, 0.1) is 17.3 Å². The van der Waals surface area contributed by atoms with Gasteiger partial charge in [-0.05, 0) is 19.1 Å². The summed E-state index contributed by atoms with van der Waals surface area (Å²) in [4.78, 5) is 11.9. The van der Waals surface area contributed by atoms with E-state index in [1.807, 2.05) is 31.3 Å². The van der Waals surface area contributed by atoms with Crippen LogP contribution in [0.2, 0.25) is 0 Å². The summed E-state index contributed by atoms with van der Waals surface area (Å²) < 4.78 is 5.76. The van der Waals surface area contributed by atoms with Crippen LogP contribution >= 0.6 is 0 Å². The molecule has 1 aliphatic rings. The quantitative estimate of drug-likeness (QED) is 0.719. The summed E-state index contributed by atoms with van der Waals surface area (Å²) in [6.07, 6.45) is 5.19. The molecule has 112 valence electrons. The molecule has 0 fully saturated rings. The number of nitriles is 1. The Labute approximate surface area is 132 Å². The fourth-order valence-electron chi connectivity index (χ4n) is 2.98. The number of allylic oxidation sites excluding steroid dienone is 1. The van der Waals surface area contributed by atoms with Crippen LogP contribution in [0.5, 0.6) is 5.75 Å². The third kappa shape index (κ3) is 1.94. The Bertz CT molecular complexity index is 996. The van der Waals surface area contributed by atoms with E-state index < -0.39 is 0 Å². The molecule has 1 aromatic carbocycles. The van der Waals surface area contributed by atoms with E-state index in [1.165, 1.54) is 0 Å². The average Bonchev–Trinajstić information content (AvgIpc) is 3.02. The predicted octanol–water partition coefficient (Wildman–Crippen LogP) is 2.48. The standard InChI is InChI=1S/C17H13N5O/c1-9-7-20-8-14(22-9)15-11-2-3-13-10(4-5-21-13)16(11)23-17(19)12(15)6-18/h2-5,7-8,15,21H,19H2,1H3. The van der Waals surface area contributed by atoms with Crippen LogP contribution in [0, 0.1) is 18.3 Å². The fourth-order valence-corrected chi connectivity index (χ4v) is 2.98. The second-order valence-corrected chi connectivity index (χ2v) is 5.43. The van der Waals surface area contributed by atoms with Crippen molar-refractivity contribution in [1.29, 1.82) is 5.26 Å². The zero-order chi connectivity index (χ0) is 16.0. The molecular weight excluding hydrogens is 290 g/mol. The zero-order valence-corrected chi connectivity index (χ0v) is 12.4. The van der Waals surface area contributed by atoms with Gasteiger partial charge in [0.2, 0.25) is 5.88 Å². The highest BCUT2D eigenvalue weighted by Crippen LogP contribution is 2.44. The molecule has 0 saturated carbocycles. The molecule has 3 N–H and O–H groups in total. The molecule has 1 atom stereocenters. The minimum atomic E-state index is -0.379. The first kappa shape index (κ1) is 13.3. The van der Waals surface area contributed by atoms with Crippen LogP contribution in [0.25, 0.3) is 10.9 Å².